The lowest BCUT2D eigenvalue weighted by molar-refractivity contribution is -0.138. The molecule has 0 spiro atoms. The molecule has 1 unspecified atom stereocenters. The summed E-state index contributed by atoms with van der Waals surface area (Å²) in [6.45, 7) is 5.28. The normalized spacial score (nSPS) is 12.1. The summed E-state index contributed by atoms with van der Waals surface area (Å²) in [5.41, 5.74) is 0.856. The first-order chi connectivity index (χ1) is 8.86. The minimum absolute atomic E-state index is 0.0834. The fourth-order valence-corrected chi connectivity index (χ4v) is 1.64. The second kappa shape index (κ2) is 6.17. The number of pyridine rings is 1. The van der Waals surface area contributed by atoms with E-state index in [9.17, 15) is 9.59 Å². The molecule has 0 saturated heterocycles. The van der Waals surface area contributed by atoms with Crippen molar-refractivity contribution in [2.45, 2.75) is 26.8 Å². The second-order valence-electron chi connectivity index (χ2n) is 4.53. The van der Waals surface area contributed by atoms with Gasteiger partial charge in [-0.2, -0.15) is 0 Å². The number of nitrogens with zero attached hydrogens (tertiary/aromatic N) is 1. The maximum absolute atomic E-state index is 11.4. The first-order valence-corrected chi connectivity index (χ1v) is 5.92. The van der Waals surface area contributed by atoms with Crippen LogP contribution in [0.2, 0.25) is 0 Å². The summed E-state index contributed by atoms with van der Waals surface area (Å²) in [6, 6.07) is 2.41. The molecule has 6 heteroatoms. The van der Waals surface area contributed by atoms with Crippen molar-refractivity contribution in [3.63, 3.8) is 0 Å². The Labute approximate surface area is 111 Å². The van der Waals surface area contributed by atoms with E-state index in [0.29, 0.717) is 17.1 Å². The van der Waals surface area contributed by atoms with Crippen LogP contribution in [0.4, 0.5) is 5.82 Å². The number of hydrogen-bond donors (Lipinski definition) is 2. The summed E-state index contributed by atoms with van der Waals surface area (Å²) in [6.07, 6.45) is 0. The number of methoxy groups -OCH3 is 1. The van der Waals surface area contributed by atoms with Gasteiger partial charge in [0.1, 0.15) is 11.9 Å². The SMILES string of the molecule is COC(=O)c1ccc(NC(C(=O)O)C(C)C)nc1C. The summed E-state index contributed by atoms with van der Waals surface area (Å²) in [5, 5.41) is 11.9. The van der Waals surface area contributed by atoms with Gasteiger partial charge in [-0.3, -0.25) is 0 Å². The van der Waals surface area contributed by atoms with Crippen LogP contribution in [0.3, 0.4) is 0 Å². The van der Waals surface area contributed by atoms with Crippen molar-refractivity contribution < 1.29 is 19.4 Å². The van der Waals surface area contributed by atoms with E-state index in [0.717, 1.165) is 0 Å². The van der Waals surface area contributed by atoms with Gasteiger partial charge in [0.05, 0.1) is 18.4 Å². The third-order valence-corrected chi connectivity index (χ3v) is 2.73. The van der Waals surface area contributed by atoms with E-state index in [1.807, 2.05) is 13.8 Å². The highest BCUT2D eigenvalue weighted by atomic mass is 16.5. The van der Waals surface area contributed by atoms with Gasteiger partial charge in [-0.05, 0) is 25.0 Å². The van der Waals surface area contributed by atoms with Crippen molar-refractivity contribution in [2.24, 2.45) is 5.92 Å². The molecular formula is C13H18N2O4. The van der Waals surface area contributed by atoms with Crippen molar-refractivity contribution in [1.82, 2.24) is 4.98 Å². The monoisotopic (exact) mass is 266 g/mol. The van der Waals surface area contributed by atoms with E-state index in [2.05, 4.69) is 15.0 Å². The Bertz CT molecular complexity index is 486. The van der Waals surface area contributed by atoms with Gasteiger partial charge >= 0.3 is 11.9 Å². The minimum atomic E-state index is -0.938. The van der Waals surface area contributed by atoms with E-state index < -0.39 is 18.0 Å². The van der Waals surface area contributed by atoms with Crippen molar-refractivity contribution in [3.05, 3.63) is 23.4 Å². The van der Waals surface area contributed by atoms with Crippen LogP contribution in [0.25, 0.3) is 0 Å². The highest BCUT2D eigenvalue weighted by Crippen LogP contribution is 2.15. The van der Waals surface area contributed by atoms with Gasteiger partial charge in [0.25, 0.3) is 0 Å². The van der Waals surface area contributed by atoms with Crippen molar-refractivity contribution >= 4 is 17.8 Å². The van der Waals surface area contributed by atoms with Gasteiger partial charge in [-0.25, -0.2) is 14.6 Å². The molecule has 1 rings (SSSR count). The van der Waals surface area contributed by atoms with Gasteiger partial charge in [0, 0.05) is 0 Å². The summed E-state index contributed by atoms with van der Waals surface area (Å²) >= 11 is 0. The van der Waals surface area contributed by atoms with E-state index >= 15 is 0 Å². The molecule has 19 heavy (non-hydrogen) atoms. The van der Waals surface area contributed by atoms with Gasteiger partial charge in [0.15, 0.2) is 0 Å². The highest BCUT2D eigenvalue weighted by molar-refractivity contribution is 5.90. The Hall–Kier alpha value is -2.11. The molecule has 0 amide bonds. The molecule has 6 nitrogen and oxygen atoms in total. The molecule has 1 atom stereocenters. The molecule has 0 bridgehead atoms. The fourth-order valence-electron chi connectivity index (χ4n) is 1.64. The molecule has 0 aromatic carbocycles. The Kier molecular flexibility index (Phi) is 4.86. The summed E-state index contributed by atoms with van der Waals surface area (Å²) in [7, 11) is 1.30. The number of ether oxygens (including phenoxy) is 1. The number of carboxylic acid groups (broad SMARTS) is 1. The zero-order valence-corrected chi connectivity index (χ0v) is 11.4. The maximum Gasteiger partial charge on any atom is 0.339 e. The molecule has 0 saturated carbocycles. The van der Waals surface area contributed by atoms with Gasteiger partial charge in [-0.1, -0.05) is 13.8 Å². The van der Waals surface area contributed by atoms with Crippen molar-refractivity contribution in [1.29, 1.82) is 0 Å². The van der Waals surface area contributed by atoms with E-state index in [4.69, 9.17) is 5.11 Å². The minimum Gasteiger partial charge on any atom is -0.480 e. The largest absolute Gasteiger partial charge is 0.480 e. The van der Waals surface area contributed by atoms with Crippen LogP contribution in [0, 0.1) is 12.8 Å². The number of esters is 1. The first-order valence-electron chi connectivity index (χ1n) is 5.92. The zero-order chi connectivity index (χ0) is 14.6. The van der Waals surface area contributed by atoms with Crippen LogP contribution in [-0.4, -0.2) is 35.2 Å². The number of nitrogens with one attached hydrogen (secondary N) is 1. The molecule has 0 aliphatic carbocycles. The average Bonchev–Trinajstić information content (AvgIpc) is 2.34. The summed E-state index contributed by atoms with van der Waals surface area (Å²) in [5.74, 6) is -1.06. The van der Waals surface area contributed by atoms with Crippen LogP contribution in [0.15, 0.2) is 12.1 Å². The number of aliphatic carboxylic acids is 1. The predicted octanol–water partition coefficient (Wildman–Crippen LogP) is 1.70. The third-order valence-electron chi connectivity index (χ3n) is 2.73. The number of carboxylic acids is 1. The molecule has 0 radical (unpaired) electrons. The van der Waals surface area contributed by atoms with Crippen LogP contribution in [0.1, 0.15) is 29.9 Å². The molecule has 1 heterocycles. The predicted molar refractivity (Wildman–Crippen MR) is 70.2 cm³/mol. The smallest absolute Gasteiger partial charge is 0.339 e. The molecule has 1 aromatic heterocycles. The van der Waals surface area contributed by atoms with Crippen LogP contribution < -0.4 is 5.32 Å². The Morgan fingerprint density at radius 1 is 1.37 bits per heavy atom. The van der Waals surface area contributed by atoms with Gasteiger partial charge in [0.2, 0.25) is 0 Å². The van der Waals surface area contributed by atoms with Crippen LogP contribution >= 0.6 is 0 Å². The Morgan fingerprint density at radius 2 is 2.00 bits per heavy atom. The number of anilines is 1. The molecule has 0 aliphatic heterocycles. The van der Waals surface area contributed by atoms with Crippen molar-refractivity contribution in [3.8, 4) is 0 Å². The zero-order valence-electron chi connectivity index (χ0n) is 11.4. The van der Waals surface area contributed by atoms with E-state index in [-0.39, 0.29) is 5.92 Å². The number of rotatable bonds is 5. The maximum atomic E-state index is 11.4. The number of carbonyl (C=O) groups is 2. The van der Waals surface area contributed by atoms with Crippen LogP contribution in [0.5, 0.6) is 0 Å². The summed E-state index contributed by atoms with van der Waals surface area (Å²) < 4.78 is 4.62. The number of aromatic nitrogens is 1. The lowest BCUT2D eigenvalue weighted by Crippen LogP contribution is -2.34. The first kappa shape index (κ1) is 14.9. The van der Waals surface area contributed by atoms with Crippen LogP contribution in [-0.2, 0) is 9.53 Å². The molecule has 0 fully saturated rings. The highest BCUT2D eigenvalue weighted by Gasteiger charge is 2.22. The lowest BCUT2D eigenvalue weighted by atomic mass is 10.0. The number of carbonyl (C=O) groups excluding carboxylic acids is 1. The van der Waals surface area contributed by atoms with E-state index in [1.165, 1.54) is 7.11 Å². The fraction of sp³-hybridized carbons (Fsp3) is 0.462. The number of hydrogen-bond acceptors (Lipinski definition) is 5. The Balaban J connectivity index is 2.95. The van der Waals surface area contributed by atoms with Gasteiger partial charge < -0.3 is 15.2 Å². The molecule has 1 aromatic rings. The Morgan fingerprint density at radius 3 is 2.42 bits per heavy atom. The van der Waals surface area contributed by atoms with E-state index in [1.54, 1.807) is 19.1 Å². The number of aryl methyl sites for hydroxylation is 1. The van der Waals surface area contributed by atoms with Crippen molar-refractivity contribution in [2.75, 3.05) is 12.4 Å². The third kappa shape index (κ3) is 3.67. The standard InChI is InChI=1S/C13H18N2O4/c1-7(2)11(12(16)17)15-10-6-5-9(8(3)14-10)13(18)19-4/h5-7,11H,1-4H3,(H,14,15)(H,16,17). The second-order valence-corrected chi connectivity index (χ2v) is 4.53. The average molecular weight is 266 g/mol. The quantitative estimate of drug-likeness (QED) is 0.788. The molecular weight excluding hydrogens is 248 g/mol. The molecule has 2 N–H and O–H groups in total. The molecule has 104 valence electrons. The lowest BCUT2D eigenvalue weighted by Gasteiger charge is -2.19. The molecule has 0 aliphatic rings. The topological polar surface area (TPSA) is 88.5 Å². The van der Waals surface area contributed by atoms with Gasteiger partial charge in [-0.15, -0.1) is 0 Å². The summed E-state index contributed by atoms with van der Waals surface area (Å²) in [4.78, 5) is 26.7.